The molecule has 7 nitrogen and oxygen atoms in total. The lowest BCUT2D eigenvalue weighted by atomic mass is 10.2. The van der Waals surface area contributed by atoms with E-state index in [1.165, 1.54) is 6.08 Å². The predicted octanol–water partition coefficient (Wildman–Crippen LogP) is 1.36. The zero-order chi connectivity index (χ0) is 18.4. The molecule has 2 N–H and O–H groups in total. The number of benzene rings is 1. The maximum atomic E-state index is 12.1. The van der Waals surface area contributed by atoms with Gasteiger partial charge in [-0.15, -0.1) is 0 Å². The molecule has 7 heteroatoms. The van der Waals surface area contributed by atoms with E-state index in [0.717, 1.165) is 10.6 Å². The number of anilines is 1. The number of hydrogen-bond donors (Lipinski definition) is 2. The van der Waals surface area contributed by atoms with E-state index >= 15 is 0 Å². The van der Waals surface area contributed by atoms with Crippen molar-refractivity contribution in [3.63, 3.8) is 0 Å². The second kappa shape index (κ2) is 8.26. The monoisotopic (exact) mass is 353 g/mol. The number of nitrogens with one attached hydrogen (secondary N) is 1. The quantitative estimate of drug-likeness (QED) is 0.696. The zero-order valence-corrected chi connectivity index (χ0v) is 14.1. The first-order valence-electron chi connectivity index (χ1n) is 8.25. The topological polar surface area (TPSA) is 91.8 Å². The fourth-order valence-electron chi connectivity index (χ4n) is 2.55. The molecule has 0 unspecified atom stereocenters. The molecule has 3 rings (SSSR count). The van der Waals surface area contributed by atoms with Crippen molar-refractivity contribution < 1.29 is 19.4 Å². The van der Waals surface area contributed by atoms with Gasteiger partial charge in [0, 0.05) is 36.1 Å². The summed E-state index contributed by atoms with van der Waals surface area (Å²) in [5.41, 5.74) is 1.76. The average molecular weight is 353 g/mol. The molecular weight excluding hydrogens is 334 g/mol. The van der Waals surface area contributed by atoms with Crippen LogP contribution in [-0.2, 0) is 16.0 Å². The highest BCUT2D eigenvalue weighted by Crippen LogP contribution is 2.21. The molecule has 0 fully saturated rings. The minimum absolute atomic E-state index is 0.0178. The minimum Gasteiger partial charge on any atom is -0.493 e. The molecule has 0 aliphatic carbocycles. The Bertz CT molecular complexity index is 821. The smallest absolute Gasteiger partial charge is 0.277 e. The van der Waals surface area contributed by atoms with Crippen LogP contribution >= 0.6 is 0 Å². The van der Waals surface area contributed by atoms with Crippen molar-refractivity contribution in [3.8, 4) is 5.75 Å². The highest BCUT2D eigenvalue weighted by atomic mass is 16.5. The van der Waals surface area contributed by atoms with Crippen LogP contribution in [0.2, 0.25) is 0 Å². The van der Waals surface area contributed by atoms with Crippen LogP contribution in [0.3, 0.4) is 0 Å². The molecule has 0 bridgehead atoms. The van der Waals surface area contributed by atoms with Crippen LogP contribution in [-0.4, -0.2) is 46.6 Å². The van der Waals surface area contributed by atoms with Gasteiger partial charge in [-0.3, -0.25) is 19.5 Å². The summed E-state index contributed by atoms with van der Waals surface area (Å²) in [7, 11) is 0. The Morgan fingerprint density at radius 3 is 2.81 bits per heavy atom. The first-order valence-corrected chi connectivity index (χ1v) is 8.25. The molecular formula is C19H19N3O4. The number of aliphatic hydroxyl groups excluding tert-OH is 1. The predicted molar refractivity (Wildman–Crippen MR) is 95.4 cm³/mol. The Morgan fingerprint density at radius 1 is 1.15 bits per heavy atom. The first kappa shape index (κ1) is 17.6. The fraction of sp³-hybridized carbons (Fsp3) is 0.211. The molecule has 1 aromatic heterocycles. The van der Waals surface area contributed by atoms with Gasteiger partial charge in [0.1, 0.15) is 11.4 Å². The van der Waals surface area contributed by atoms with E-state index in [9.17, 15) is 9.59 Å². The lowest BCUT2D eigenvalue weighted by Gasteiger charge is -2.14. The number of rotatable bonds is 8. The van der Waals surface area contributed by atoms with Gasteiger partial charge in [0.2, 0.25) is 0 Å². The van der Waals surface area contributed by atoms with Crippen molar-refractivity contribution in [2.45, 2.75) is 6.42 Å². The molecule has 0 saturated heterocycles. The van der Waals surface area contributed by atoms with Crippen molar-refractivity contribution in [1.29, 1.82) is 0 Å². The number of aliphatic hydroxyl groups is 1. The van der Waals surface area contributed by atoms with Crippen LogP contribution in [0.15, 0.2) is 60.4 Å². The third kappa shape index (κ3) is 4.25. The third-order valence-electron chi connectivity index (χ3n) is 3.80. The van der Waals surface area contributed by atoms with Gasteiger partial charge in [-0.1, -0.05) is 12.1 Å². The number of hydrogen-bond acceptors (Lipinski definition) is 6. The Balaban J connectivity index is 1.58. The average Bonchev–Trinajstić information content (AvgIpc) is 2.91. The number of β-amino-alcohol motifs (C(OH)–C–C–N with tert-alkyl or cyclic N) is 1. The normalized spacial score (nSPS) is 13.7. The van der Waals surface area contributed by atoms with E-state index < -0.39 is 11.8 Å². The molecule has 26 heavy (non-hydrogen) atoms. The van der Waals surface area contributed by atoms with E-state index in [1.807, 2.05) is 24.3 Å². The highest BCUT2D eigenvalue weighted by molar-refractivity contribution is 6.17. The van der Waals surface area contributed by atoms with Gasteiger partial charge in [0.15, 0.2) is 0 Å². The van der Waals surface area contributed by atoms with Crippen LogP contribution in [0.5, 0.6) is 5.75 Å². The van der Waals surface area contributed by atoms with Crippen LogP contribution < -0.4 is 10.1 Å². The number of pyridine rings is 1. The summed E-state index contributed by atoms with van der Waals surface area (Å²) in [6.07, 6.45) is 3.66. The van der Waals surface area contributed by atoms with E-state index in [4.69, 9.17) is 9.84 Å². The van der Waals surface area contributed by atoms with Gasteiger partial charge in [-0.05, 0) is 24.3 Å². The minimum atomic E-state index is -0.453. The lowest BCUT2D eigenvalue weighted by molar-refractivity contribution is -0.137. The molecule has 2 amide bonds. The summed E-state index contributed by atoms with van der Waals surface area (Å²) in [5, 5.41) is 11.9. The Hall–Kier alpha value is -3.19. The van der Waals surface area contributed by atoms with E-state index in [-0.39, 0.29) is 18.8 Å². The number of carbonyl (C=O) groups is 2. The summed E-state index contributed by atoms with van der Waals surface area (Å²) in [6.45, 7) is 0.194. The van der Waals surface area contributed by atoms with E-state index in [0.29, 0.717) is 24.5 Å². The van der Waals surface area contributed by atoms with Crippen molar-refractivity contribution in [2.24, 2.45) is 0 Å². The van der Waals surface area contributed by atoms with Crippen molar-refractivity contribution >= 4 is 17.5 Å². The second-order valence-corrected chi connectivity index (χ2v) is 5.65. The van der Waals surface area contributed by atoms with Crippen LogP contribution in [0.4, 0.5) is 5.69 Å². The van der Waals surface area contributed by atoms with Crippen molar-refractivity contribution in [3.05, 3.63) is 66.1 Å². The highest BCUT2D eigenvalue weighted by Gasteiger charge is 2.30. The molecule has 2 heterocycles. The Labute approximate surface area is 150 Å². The lowest BCUT2D eigenvalue weighted by Crippen LogP contribution is -2.34. The molecule has 0 radical (unpaired) electrons. The second-order valence-electron chi connectivity index (χ2n) is 5.65. The van der Waals surface area contributed by atoms with E-state index in [1.54, 1.807) is 24.4 Å². The van der Waals surface area contributed by atoms with Crippen molar-refractivity contribution in [2.75, 3.05) is 25.1 Å². The van der Waals surface area contributed by atoms with Crippen LogP contribution in [0.1, 0.15) is 5.69 Å². The Kier molecular flexibility index (Phi) is 5.60. The van der Waals surface area contributed by atoms with E-state index in [2.05, 4.69) is 10.3 Å². The standard InChI is InChI=1S/C19H19N3O4/c23-10-9-22-18(24)13-17(19(22)25)21-15-5-3-6-16(12-15)26-11-7-14-4-1-2-8-20-14/h1-6,8,12-13,21,23H,7,9-11H2. The SMILES string of the molecule is O=C1C=C(Nc2cccc(OCCc3ccccn3)c2)C(=O)N1CCO. The van der Waals surface area contributed by atoms with Gasteiger partial charge in [0.05, 0.1) is 19.8 Å². The molecule has 0 atom stereocenters. The Morgan fingerprint density at radius 2 is 2.04 bits per heavy atom. The van der Waals surface area contributed by atoms with Gasteiger partial charge in [0.25, 0.3) is 11.8 Å². The molecule has 1 aromatic carbocycles. The summed E-state index contributed by atoms with van der Waals surface area (Å²) in [6, 6.07) is 12.9. The number of ether oxygens (including phenoxy) is 1. The number of imide groups is 1. The number of amides is 2. The molecule has 0 spiro atoms. The largest absolute Gasteiger partial charge is 0.493 e. The number of carbonyl (C=O) groups excluding carboxylic acids is 2. The molecule has 2 aromatic rings. The summed E-state index contributed by atoms with van der Waals surface area (Å²) >= 11 is 0. The van der Waals surface area contributed by atoms with Crippen molar-refractivity contribution in [1.82, 2.24) is 9.88 Å². The van der Waals surface area contributed by atoms with Gasteiger partial charge < -0.3 is 15.2 Å². The third-order valence-corrected chi connectivity index (χ3v) is 3.80. The summed E-state index contributed by atoms with van der Waals surface area (Å²) < 4.78 is 5.73. The summed E-state index contributed by atoms with van der Waals surface area (Å²) in [5.74, 6) is -0.240. The van der Waals surface area contributed by atoms with Crippen LogP contribution in [0, 0.1) is 0 Å². The number of nitrogens with zero attached hydrogens (tertiary/aromatic N) is 2. The molecule has 134 valence electrons. The maximum Gasteiger partial charge on any atom is 0.277 e. The van der Waals surface area contributed by atoms with Gasteiger partial charge >= 0.3 is 0 Å². The summed E-state index contributed by atoms with van der Waals surface area (Å²) in [4.78, 5) is 29.2. The first-order chi connectivity index (χ1) is 12.7. The van der Waals surface area contributed by atoms with Gasteiger partial charge in [-0.25, -0.2) is 0 Å². The molecule has 0 saturated carbocycles. The van der Waals surface area contributed by atoms with Crippen LogP contribution in [0.25, 0.3) is 0 Å². The van der Waals surface area contributed by atoms with Gasteiger partial charge in [-0.2, -0.15) is 0 Å². The maximum absolute atomic E-state index is 12.1. The molecule has 1 aliphatic rings. The molecule has 1 aliphatic heterocycles. The number of aromatic nitrogens is 1. The zero-order valence-electron chi connectivity index (χ0n) is 14.1. The fourth-order valence-corrected chi connectivity index (χ4v) is 2.55.